The highest BCUT2D eigenvalue weighted by Gasteiger charge is 2.32. The second-order valence-electron chi connectivity index (χ2n) is 13.6. The lowest BCUT2D eigenvalue weighted by Crippen LogP contribution is -2.53. The van der Waals surface area contributed by atoms with Gasteiger partial charge < -0.3 is 24.2 Å². The van der Waals surface area contributed by atoms with Crippen LogP contribution in [-0.4, -0.2) is 81.8 Å². The summed E-state index contributed by atoms with van der Waals surface area (Å²) in [6.45, 7) is 8.48. The van der Waals surface area contributed by atoms with Crippen LogP contribution in [0.4, 0.5) is 11.4 Å². The van der Waals surface area contributed by atoms with Crippen LogP contribution in [0.1, 0.15) is 62.3 Å². The quantitative estimate of drug-likeness (QED) is 0.249. The molecule has 1 saturated heterocycles. The zero-order chi connectivity index (χ0) is 32.4. The van der Waals surface area contributed by atoms with E-state index in [-0.39, 0.29) is 18.1 Å². The molecule has 1 saturated carbocycles. The summed E-state index contributed by atoms with van der Waals surface area (Å²) < 4.78 is 11.9. The zero-order valence-electron chi connectivity index (χ0n) is 28.0. The summed E-state index contributed by atoms with van der Waals surface area (Å²) in [6.07, 6.45) is 5.78. The molecule has 3 aliphatic rings. The number of rotatable bonds is 9. The Hall–Kier alpha value is -3.42. The third kappa shape index (κ3) is 7.11. The van der Waals surface area contributed by atoms with Crippen molar-refractivity contribution in [2.75, 3.05) is 63.7 Å². The van der Waals surface area contributed by atoms with Crippen LogP contribution >= 0.6 is 11.6 Å². The summed E-state index contributed by atoms with van der Waals surface area (Å²) in [7, 11) is 5.85. The average molecular weight is 645 g/mol. The van der Waals surface area contributed by atoms with Gasteiger partial charge in [0, 0.05) is 62.7 Å². The van der Waals surface area contributed by atoms with Gasteiger partial charge in [0.25, 0.3) is 0 Å². The second-order valence-corrected chi connectivity index (χ2v) is 14.1. The molecule has 7 nitrogen and oxygen atoms in total. The van der Waals surface area contributed by atoms with Crippen molar-refractivity contribution in [3.63, 3.8) is 0 Å². The molecule has 3 aromatic carbocycles. The van der Waals surface area contributed by atoms with Crippen molar-refractivity contribution in [3.8, 4) is 11.5 Å². The number of fused-ring (bicyclic) bond motifs is 1. The van der Waals surface area contributed by atoms with E-state index in [0.717, 1.165) is 49.1 Å². The fraction of sp³-hybridized carbons (Fsp3) is 0.500. The van der Waals surface area contributed by atoms with Crippen LogP contribution < -0.4 is 19.3 Å². The molecule has 6 rings (SSSR count). The van der Waals surface area contributed by atoms with Gasteiger partial charge in [0.15, 0.2) is 11.5 Å². The molecule has 3 aromatic rings. The Labute approximate surface area is 280 Å². The molecule has 246 valence electrons. The maximum Gasteiger partial charge on any atom is 0.236 e. The smallest absolute Gasteiger partial charge is 0.236 e. The Bertz CT molecular complexity index is 1490. The first-order chi connectivity index (χ1) is 22.2. The molecule has 2 fully saturated rings. The van der Waals surface area contributed by atoms with Gasteiger partial charge in [0.2, 0.25) is 5.91 Å². The van der Waals surface area contributed by atoms with Crippen LogP contribution in [-0.2, 0) is 11.2 Å². The largest absolute Gasteiger partial charge is 0.493 e. The van der Waals surface area contributed by atoms with E-state index in [1.807, 2.05) is 37.9 Å². The zero-order valence-corrected chi connectivity index (χ0v) is 28.8. The van der Waals surface area contributed by atoms with E-state index in [4.69, 9.17) is 21.1 Å². The molecule has 46 heavy (non-hydrogen) atoms. The van der Waals surface area contributed by atoms with E-state index >= 15 is 0 Å². The highest BCUT2D eigenvalue weighted by molar-refractivity contribution is 6.30. The SMILES string of the molecule is COc1cc2c(cc1OC(C)C)[C@H](c1ccc(Cl)cc1)N(c1ccc(N(C)CC3CCC(N4CCN(C)C(=O)C4)CC3)cc1)CC2. The van der Waals surface area contributed by atoms with Crippen molar-refractivity contribution < 1.29 is 14.3 Å². The summed E-state index contributed by atoms with van der Waals surface area (Å²) >= 11 is 6.33. The van der Waals surface area contributed by atoms with Crippen LogP contribution in [0, 0.1) is 5.92 Å². The maximum absolute atomic E-state index is 12.2. The molecular formula is C38H49ClN4O3. The van der Waals surface area contributed by atoms with E-state index in [2.05, 4.69) is 70.3 Å². The first kappa shape index (κ1) is 32.5. The fourth-order valence-electron chi connectivity index (χ4n) is 7.59. The van der Waals surface area contributed by atoms with Crippen molar-refractivity contribution >= 4 is 28.9 Å². The minimum atomic E-state index is 0.0239. The van der Waals surface area contributed by atoms with Gasteiger partial charge in [0.1, 0.15) is 0 Å². The predicted octanol–water partition coefficient (Wildman–Crippen LogP) is 7.06. The van der Waals surface area contributed by atoms with E-state index in [1.165, 1.54) is 53.7 Å². The summed E-state index contributed by atoms with van der Waals surface area (Å²) in [5.74, 6) is 2.50. The van der Waals surface area contributed by atoms with Crippen LogP contribution in [0.5, 0.6) is 11.5 Å². The number of likely N-dealkylation sites (N-methyl/N-ethyl adjacent to an activating group) is 1. The average Bonchev–Trinajstić information content (AvgIpc) is 3.06. The highest BCUT2D eigenvalue weighted by Crippen LogP contribution is 2.43. The number of hydrogen-bond donors (Lipinski definition) is 0. The number of piperazine rings is 1. The molecule has 2 heterocycles. The van der Waals surface area contributed by atoms with E-state index in [1.54, 1.807) is 7.11 Å². The first-order valence-corrected chi connectivity index (χ1v) is 17.3. The van der Waals surface area contributed by atoms with Crippen molar-refractivity contribution in [2.45, 2.75) is 64.1 Å². The lowest BCUT2D eigenvalue weighted by Gasteiger charge is -2.41. The summed E-state index contributed by atoms with van der Waals surface area (Å²) in [4.78, 5) is 21.4. The standard InChI is InChI=1S/C38H49ClN4O3/c1-26(2)46-36-23-34-29(22-35(36)45-5)18-19-43(38(34)28-8-10-30(39)11-9-28)33-16-14-31(15-17-33)41(4)24-27-6-12-32(13-7-27)42-21-20-40(3)37(44)25-42/h8-11,14-17,22-23,26-27,32,38H,6-7,12-13,18-21,24-25H2,1-5H3/t27?,32?,38-/m0/s1. The first-order valence-electron chi connectivity index (χ1n) is 16.9. The van der Waals surface area contributed by atoms with E-state index < -0.39 is 0 Å². The molecular weight excluding hydrogens is 596 g/mol. The van der Waals surface area contributed by atoms with Crippen LogP contribution in [0.25, 0.3) is 0 Å². The van der Waals surface area contributed by atoms with Gasteiger partial charge in [0.05, 0.1) is 25.8 Å². The second kappa shape index (κ2) is 14.1. The van der Waals surface area contributed by atoms with Crippen molar-refractivity contribution in [3.05, 3.63) is 82.4 Å². The Morgan fingerprint density at radius 3 is 2.30 bits per heavy atom. The molecule has 8 heteroatoms. The Morgan fingerprint density at radius 2 is 1.65 bits per heavy atom. The normalized spacial score (nSPS) is 22.2. The van der Waals surface area contributed by atoms with Crippen molar-refractivity contribution in [2.24, 2.45) is 5.92 Å². The lowest BCUT2D eigenvalue weighted by molar-refractivity contribution is -0.135. The van der Waals surface area contributed by atoms with E-state index in [9.17, 15) is 4.79 Å². The molecule has 2 aliphatic heterocycles. The minimum absolute atomic E-state index is 0.0239. The Balaban J connectivity index is 1.16. The molecule has 1 atom stereocenters. The molecule has 0 aromatic heterocycles. The van der Waals surface area contributed by atoms with E-state index in [0.29, 0.717) is 18.5 Å². The molecule has 0 spiro atoms. The van der Waals surface area contributed by atoms with Crippen molar-refractivity contribution in [1.29, 1.82) is 0 Å². The predicted molar refractivity (Wildman–Crippen MR) is 188 cm³/mol. The maximum atomic E-state index is 12.2. The number of nitrogens with zero attached hydrogens (tertiary/aromatic N) is 4. The number of ether oxygens (including phenoxy) is 2. The van der Waals surface area contributed by atoms with Crippen LogP contribution in [0.3, 0.4) is 0 Å². The number of carbonyl (C=O) groups is 1. The monoisotopic (exact) mass is 644 g/mol. The van der Waals surface area contributed by atoms with Gasteiger partial charge in [-0.25, -0.2) is 0 Å². The number of halogens is 1. The molecule has 0 N–H and O–H groups in total. The minimum Gasteiger partial charge on any atom is -0.493 e. The molecule has 1 amide bonds. The summed E-state index contributed by atoms with van der Waals surface area (Å²) in [5.41, 5.74) is 6.17. The number of carbonyl (C=O) groups excluding carboxylic acids is 1. The molecule has 0 unspecified atom stereocenters. The lowest BCUT2D eigenvalue weighted by atomic mass is 9.84. The fourth-order valence-corrected chi connectivity index (χ4v) is 7.71. The van der Waals surface area contributed by atoms with Gasteiger partial charge in [-0.15, -0.1) is 0 Å². The Kier molecular flexibility index (Phi) is 10.00. The number of benzene rings is 3. The molecule has 0 bridgehead atoms. The topological polar surface area (TPSA) is 48.5 Å². The number of anilines is 2. The van der Waals surface area contributed by atoms with Crippen LogP contribution in [0.15, 0.2) is 60.7 Å². The van der Waals surface area contributed by atoms with Gasteiger partial charge >= 0.3 is 0 Å². The third-order valence-electron chi connectivity index (χ3n) is 10.2. The Morgan fingerprint density at radius 1 is 0.935 bits per heavy atom. The number of hydrogen-bond acceptors (Lipinski definition) is 6. The van der Waals surface area contributed by atoms with Gasteiger partial charge in [-0.05, 0) is 117 Å². The van der Waals surface area contributed by atoms with Crippen LogP contribution in [0.2, 0.25) is 5.02 Å². The summed E-state index contributed by atoms with van der Waals surface area (Å²) in [5, 5.41) is 0.736. The number of methoxy groups -OCH3 is 1. The number of amides is 1. The molecule has 1 aliphatic carbocycles. The molecule has 0 radical (unpaired) electrons. The summed E-state index contributed by atoms with van der Waals surface area (Å²) in [6, 6.07) is 22.2. The van der Waals surface area contributed by atoms with Gasteiger partial charge in [-0.1, -0.05) is 23.7 Å². The van der Waals surface area contributed by atoms with Crippen molar-refractivity contribution in [1.82, 2.24) is 9.80 Å². The third-order valence-corrected chi connectivity index (χ3v) is 10.4. The van der Waals surface area contributed by atoms with Gasteiger partial charge in [-0.2, -0.15) is 0 Å². The van der Waals surface area contributed by atoms with Gasteiger partial charge in [-0.3, -0.25) is 9.69 Å². The highest BCUT2D eigenvalue weighted by atomic mass is 35.5.